The van der Waals surface area contributed by atoms with Crippen molar-refractivity contribution in [1.82, 2.24) is 9.88 Å². The average molecular weight is 367 g/mol. The number of benzene rings is 1. The number of anilines is 1. The van der Waals surface area contributed by atoms with Crippen molar-refractivity contribution in [2.45, 2.75) is 26.7 Å². The predicted octanol–water partition coefficient (Wildman–Crippen LogP) is 3.60. The highest BCUT2D eigenvalue weighted by molar-refractivity contribution is 6.05. The van der Waals surface area contributed by atoms with Gasteiger partial charge in [0.25, 0.3) is 11.8 Å². The lowest BCUT2D eigenvalue weighted by atomic mass is 10.00. The standard InChI is InChI=1S/C21H25N3O3/c1-3-27-18-8-6-17(7-9-18)23-20(25)16-10-11-22-19(13-16)21(26)24-12-4-5-15(2)14-24/h6-11,13,15H,3-5,12,14H2,1-2H3,(H,23,25). The van der Waals surface area contributed by atoms with Crippen LogP contribution in [0.4, 0.5) is 5.69 Å². The van der Waals surface area contributed by atoms with Crippen LogP contribution in [0.25, 0.3) is 0 Å². The Morgan fingerprint density at radius 2 is 2.04 bits per heavy atom. The van der Waals surface area contributed by atoms with Crippen LogP contribution in [0, 0.1) is 5.92 Å². The summed E-state index contributed by atoms with van der Waals surface area (Å²) in [6.07, 6.45) is 3.65. The summed E-state index contributed by atoms with van der Waals surface area (Å²) >= 11 is 0. The third-order valence-corrected chi connectivity index (χ3v) is 4.61. The van der Waals surface area contributed by atoms with E-state index in [0.29, 0.717) is 29.5 Å². The van der Waals surface area contributed by atoms with Gasteiger partial charge < -0.3 is 15.0 Å². The zero-order chi connectivity index (χ0) is 19.2. The number of rotatable bonds is 5. The molecule has 6 nitrogen and oxygen atoms in total. The Labute approximate surface area is 159 Å². The third-order valence-electron chi connectivity index (χ3n) is 4.61. The summed E-state index contributed by atoms with van der Waals surface area (Å²) < 4.78 is 5.39. The lowest BCUT2D eigenvalue weighted by Gasteiger charge is -2.30. The van der Waals surface area contributed by atoms with Crippen LogP contribution in [-0.2, 0) is 0 Å². The predicted molar refractivity (Wildman–Crippen MR) is 104 cm³/mol. The number of carbonyl (C=O) groups is 2. The Kier molecular flexibility index (Phi) is 6.06. The molecule has 6 heteroatoms. The summed E-state index contributed by atoms with van der Waals surface area (Å²) in [6, 6.07) is 10.3. The molecule has 2 aromatic rings. The van der Waals surface area contributed by atoms with E-state index in [2.05, 4.69) is 17.2 Å². The monoisotopic (exact) mass is 367 g/mol. The van der Waals surface area contributed by atoms with E-state index in [0.717, 1.165) is 31.7 Å². The third kappa shape index (κ3) is 4.84. The van der Waals surface area contributed by atoms with Crippen LogP contribution in [0.3, 0.4) is 0 Å². The first-order chi connectivity index (χ1) is 13.1. The van der Waals surface area contributed by atoms with Gasteiger partial charge in [0.1, 0.15) is 11.4 Å². The van der Waals surface area contributed by atoms with Crippen LogP contribution in [0.5, 0.6) is 5.75 Å². The van der Waals surface area contributed by atoms with Crippen molar-refractivity contribution in [1.29, 1.82) is 0 Å². The number of likely N-dealkylation sites (tertiary alicyclic amines) is 1. The topological polar surface area (TPSA) is 71.5 Å². The summed E-state index contributed by atoms with van der Waals surface area (Å²) in [7, 11) is 0. The first-order valence-electron chi connectivity index (χ1n) is 9.36. The zero-order valence-corrected chi connectivity index (χ0v) is 15.8. The molecule has 1 aromatic carbocycles. The molecule has 0 saturated carbocycles. The molecule has 1 atom stereocenters. The Morgan fingerprint density at radius 3 is 2.74 bits per heavy atom. The molecule has 1 aliphatic heterocycles. The second-order valence-corrected chi connectivity index (χ2v) is 6.84. The molecule has 2 heterocycles. The number of amides is 2. The smallest absolute Gasteiger partial charge is 0.272 e. The average Bonchev–Trinajstić information content (AvgIpc) is 2.69. The highest BCUT2D eigenvalue weighted by atomic mass is 16.5. The number of nitrogens with zero attached hydrogens (tertiary/aromatic N) is 2. The number of aromatic nitrogens is 1. The van der Waals surface area contributed by atoms with Gasteiger partial charge in [-0.25, -0.2) is 0 Å². The molecule has 1 aromatic heterocycles. The van der Waals surface area contributed by atoms with E-state index >= 15 is 0 Å². The molecular formula is C21H25N3O3. The van der Waals surface area contributed by atoms with Crippen molar-refractivity contribution in [2.75, 3.05) is 25.0 Å². The van der Waals surface area contributed by atoms with Crippen LogP contribution in [0.2, 0.25) is 0 Å². The molecule has 1 N–H and O–H groups in total. The van der Waals surface area contributed by atoms with Crippen LogP contribution in [-0.4, -0.2) is 41.4 Å². The molecule has 0 spiro atoms. The molecule has 1 saturated heterocycles. The van der Waals surface area contributed by atoms with Crippen molar-refractivity contribution in [2.24, 2.45) is 5.92 Å². The van der Waals surface area contributed by atoms with Gasteiger partial charge in [-0.15, -0.1) is 0 Å². The van der Waals surface area contributed by atoms with E-state index in [1.165, 1.54) is 6.20 Å². The fourth-order valence-corrected chi connectivity index (χ4v) is 3.23. The van der Waals surface area contributed by atoms with Gasteiger partial charge in [0.15, 0.2) is 0 Å². The Morgan fingerprint density at radius 1 is 1.26 bits per heavy atom. The summed E-state index contributed by atoms with van der Waals surface area (Å²) in [5.41, 5.74) is 1.38. The van der Waals surface area contributed by atoms with E-state index in [4.69, 9.17) is 4.74 Å². The van der Waals surface area contributed by atoms with Gasteiger partial charge in [0, 0.05) is 30.5 Å². The summed E-state index contributed by atoms with van der Waals surface area (Å²) in [4.78, 5) is 31.2. The van der Waals surface area contributed by atoms with E-state index in [1.807, 2.05) is 11.8 Å². The van der Waals surface area contributed by atoms with Gasteiger partial charge in [0.05, 0.1) is 6.61 Å². The summed E-state index contributed by atoms with van der Waals surface area (Å²) in [5.74, 6) is 0.858. The molecule has 1 unspecified atom stereocenters. The normalized spacial score (nSPS) is 16.7. The van der Waals surface area contributed by atoms with Gasteiger partial charge >= 0.3 is 0 Å². The lowest BCUT2D eigenvalue weighted by Crippen LogP contribution is -2.39. The van der Waals surface area contributed by atoms with E-state index in [-0.39, 0.29) is 11.8 Å². The number of carbonyl (C=O) groups excluding carboxylic acids is 2. The summed E-state index contributed by atoms with van der Waals surface area (Å²) in [5, 5.41) is 2.83. The number of ether oxygens (including phenoxy) is 1. The number of pyridine rings is 1. The van der Waals surface area contributed by atoms with Gasteiger partial charge in [-0.05, 0) is 62.1 Å². The van der Waals surface area contributed by atoms with Gasteiger partial charge in [-0.1, -0.05) is 6.92 Å². The molecule has 0 aliphatic carbocycles. The second kappa shape index (κ2) is 8.66. The number of nitrogens with one attached hydrogen (secondary N) is 1. The fraction of sp³-hybridized carbons (Fsp3) is 0.381. The van der Waals surface area contributed by atoms with Crippen molar-refractivity contribution in [3.8, 4) is 5.75 Å². The van der Waals surface area contributed by atoms with E-state index in [1.54, 1.807) is 36.4 Å². The Bertz CT molecular complexity index is 805. The minimum Gasteiger partial charge on any atom is -0.494 e. The van der Waals surface area contributed by atoms with Crippen molar-refractivity contribution >= 4 is 17.5 Å². The van der Waals surface area contributed by atoms with Crippen LogP contribution < -0.4 is 10.1 Å². The summed E-state index contributed by atoms with van der Waals surface area (Å²) in [6.45, 7) is 6.14. The number of hydrogen-bond donors (Lipinski definition) is 1. The minimum atomic E-state index is -0.275. The largest absolute Gasteiger partial charge is 0.494 e. The SMILES string of the molecule is CCOc1ccc(NC(=O)c2ccnc(C(=O)N3CCCC(C)C3)c2)cc1. The Balaban J connectivity index is 1.68. The molecule has 27 heavy (non-hydrogen) atoms. The van der Waals surface area contributed by atoms with Gasteiger partial charge in [-0.3, -0.25) is 14.6 Å². The van der Waals surface area contributed by atoms with Crippen LogP contribution in [0.15, 0.2) is 42.6 Å². The highest BCUT2D eigenvalue weighted by Crippen LogP contribution is 2.19. The fourth-order valence-electron chi connectivity index (χ4n) is 3.23. The van der Waals surface area contributed by atoms with E-state index in [9.17, 15) is 9.59 Å². The number of piperidine rings is 1. The van der Waals surface area contributed by atoms with Crippen molar-refractivity contribution in [3.05, 3.63) is 53.9 Å². The highest BCUT2D eigenvalue weighted by Gasteiger charge is 2.23. The zero-order valence-electron chi connectivity index (χ0n) is 15.8. The maximum atomic E-state index is 12.7. The molecule has 142 valence electrons. The molecule has 1 fully saturated rings. The first-order valence-corrected chi connectivity index (χ1v) is 9.36. The first kappa shape index (κ1) is 18.9. The number of hydrogen-bond acceptors (Lipinski definition) is 4. The second-order valence-electron chi connectivity index (χ2n) is 6.84. The molecule has 3 rings (SSSR count). The van der Waals surface area contributed by atoms with Gasteiger partial charge in [0.2, 0.25) is 0 Å². The van der Waals surface area contributed by atoms with Crippen LogP contribution >= 0.6 is 0 Å². The minimum absolute atomic E-state index is 0.114. The quantitative estimate of drug-likeness (QED) is 0.876. The molecular weight excluding hydrogens is 342 g/mol. The molecule has 0 radical (unpaired) electrons. The van der Waals surface area contributed by atoms with Crippen molar-refractivity contribution < 1.29 is 14.3 Å². The van der Waals surface area contributed by atoms with Crippen molar-refractivity contribution in [3.63, 3.8) is 0 Å². The van der Waals surface area contributed by atoms with Crippen LogP contribution in [0.1, 0.15) is 47.5 Å². The van der Waals surface area contributed by atoms with E-state index < -0.39 is 0 Å². The maximum Gasteiger partial charge on any atom is 0.272 e. The molecule has 2 amide bonds. The molecule has 0 bridgehead atoms. The van der Waals surface area contributed by atoms with Gasteiger partial charge in [-0.2, -0.15) is 0 Å². The lowest BCUT2D eigenvalue weighted by molar-refractivity contribution is 0.0677. The Hall–Kier alpha value is -2.89. The molecule has 1 aliphatic rings. The maximum absolute atomic E-state index is 12.7.